The molecule has 0 radical (unpaired) electrons. The summed E-state index contributed by atoms with van der Waals surface area (Å²) in [7, 11) is 1.60. The Morgan fingerprint density at radius 1 is 1.19 bits per heavy atom. The summed E-state index contributed by atoms with van der Waals surface area (Å²) < 4.78 is 6.25. The van der Waals surface area contributed by atoms with Crippen molar-refractivity contribution in [2.24, 2.45) is 0 Å². The number of nitrogens with zero attached hydrogens (tertiary/aromatic N) is 2. The fourth-order valence-corrected chi connectivity index (χ4v) is 4.55. The molecule has 0 aromatic heterocycles. The van der Waals surface area contributed by atoms with E-state index in [2.05, 4.69) is 21.2 Å². The van der Waals surface area contributed by atoms with Crippen LogP contribution in [0.2, 0.25) is 0 Å². The molecule has 2 aliphatic heterocycles. The zero-order chi connectivity index (χ0) is 22.0. The van der Waals surface area contributed by atoms with Crippen LogP contribution in [0.5, 0.6) is 5.75 Å². The highest BCUT2D eigenvalue weighted by Gasteiger charge is 2.41. The molecule has 7 nitrogen and oxygen atoms in total. The first kappa shape index (κ1) is 21.4. The number of carbonyl (C=O) groups excluding carboxylic acids is 3. The molecule has 1 N–H and O–H groups in total. The molecule has 4 rings (SSSR count). The van der Waals surface area contributed by atoms with Crippen molar-refractivity contribution < 1.29 is 19.1 Å². The van der Waals surface area contributed by atoms with Crippen LogP contribution in [0.3, 0.4) is 0 Å². The van der Waals surface area contributed by atoms with E-state index in [1.54, 1.807) is 29.0 Å². The normalized spacial score (nSPS) is 18.2. The first-order chi connectivity index (χ1) is 15.0. The molecule has 3 amide bonds. The maximum absolute atomic E-state index is 12.7. The molecule has 0 aliphatic carbocycles. The summed E-state index contributed by atoms with van der Waals surface area (Å²) in [5.74, 6) is 0.544. The second-order valence-electron chi connectivity index (χ2n) is 7.78. The third-order valence-electron chi connectivity index (χ3n) is 5.77. The molecule has 31 heavy (non-hydrogen) atoms. The number of halogens is 1. The van der Waals surface area contributed by atoms with Crippen LogP contribution in [-0.2, 0) is 22.7 Å². The van der Waals surface area contributed by atoms with Crippen molar-refractivity contribution >= 4 is 33.7 Å². The fraction of sp³-hybridized carbons (Fsp3) is 0.348. The number of amides is 3. The summed E-state index contributed by atoms with van der Waals surface area (Å²) in [6.45, 7) is 1.50. The highest BCUT2D eigenvalue weighted by molar-refractivity contribution is 9.10. The molecule has 0 bridgehead atoms. The molecule has 162 valence electrons. The van der Waals surface area contributed by atoms with E-state index in [9.17, 15) is 14.4 Å². The van der Waals surface area contributed by atoms with Crippen LogP contribution in [0.4, 0.5) is 0 Å². The van der Waals surface area contributed by atoms with Gasteiger partial charge in [-0.05, 0) is 48.7 Å². The SMILES string of the molecule is COc1ccc(Br)cc1CNC(=O)c1ccc(CN2CC(=O)N3CCC[C@H]3C2=O)cc1. The largest absolute Gasteiger partial charge is 0.496 e. The average molecular weight is 486 g/mol. The van der Waals surface area contributed by atoms with Crippen LogP contribution < -0.4 is 10.1 Å². The summed E-state index contributed by atoms with van der Waals surface area (Å²) in [4.78, 5) is 40.8. The summed E-state index contributed by atoms with van der Waals surface area (Å²) >= 11 is 3.43. The Morgan fingerprint density at radius 2 is 1.97 bits per heavy atom. The Kier molecular flexibility index (Phi) is 6.27. The Bertz CT molecular complexity index is 1010. The Balaban J connectivity index is 1.37. The number of benzene rings is 2. The van der Waals surface area contributed by atoms with Gasteiger partial charge in [0.05, 0.1) is 7.11 Å². The van der Waals surface area contributed by atoms with Gasteiger partial charge in [0.25, 0.3) is 5.91 Å². The highest BCUT2D eigenvalue weighted by Crippen LogP contribution is 2.25. The average Bonchev–Trinajstić information content (AvgIpc) is 3.27. The van der Waals surface area contributed by atoms with Crippen molar-refractivity contribution in [1.29, 1.82) is 0 Å². The Morgan fingerprint density at radius 3 is 2.71 bits per heavy atom. The van der Waals surface area contributed by atoms with Crippen molar-refractivity contribution in [3.63, 3.8) is 0 Å². The number of rotatable bonds is 6. The van der Waals surface area contributed by atoms with Crippen LogP contribution >= 0.6 is 15.9 Å². The number of methoxy groups -OCH3 is 1. The zero-order valence-corrected chi connectivity index (χ0v) is 18.9. The summed E-state index contributed by atoms with van der Waals surface area (Å²) in [5, 5.41) is 2.90. The molecule has 2 aliphatic rings. The number of hydrogen-bond acceptors (Lipinski definition) is 4. The molecule has 2 aromatic carbocycles. The second kappa shape index (κ2) is 9.09. The van der Waals surface area contributed by atoms with E-state index in [-0.39, 0.29) is 30.3 Å². The van der Waals surface area contributed by atoms with Gasteiger partial charge in [-0.3, -0.25) is 14.4 Å². The van der Waals surface area contributed by atoms with Crippen molar-refractivity contribution in [2.45, 2.75) is 32.0 Å². The van der Waals surface area contributed by atoms with Crippen LogP contribution in [0, 0.1) is 0 Å². The summed E-state index contributed by atoms with van der Waals surface area (Å²) in [6.07, 6.45) is 1.62. The van der Waals surface area contributed by atoms with E-state index in [1.165, 1.54) is 0 Å². The minimum Gasteiger partial charge on any atom is -0.496 e. The number of hydrogen-bond donors (Lipinski definition) is 1. The monoisotopic (exact) mass is 485 g/mol. The van der Waals surface area contributed by atoms with Crippen LogP contribution in [0.25, 0.3) is 0 Å². The van der Waals surface area contributed by atoms with E-state index in [0.29, 0.717) is 30.9 Å². The topological polar surface area (TPSA) is 79.0 Å². The maximum Gasteiger partial charge on any atom is 0.251 e. The summed E-state index contributed by atoms with van der Waals surface area (Å²) in [6, 6.07) is 12.5. The van der Waals surface area contributed by atoms with Crippen LogP contribution in [-0.4, -0.2) is 53.8 Å². The lowest BCUT2D eigenvalue weighted by atomic mass is 10.1. The van der Waals surface area contributed by atoms with Gasteiger partial charge in [0.2, 0.25) is 11.8 Å². The van der Waals surface area contributed by atoms with Gasteiger partial charge in [-0.2, -0.15) is 0 Å². The van der Waals surface area contributed by atoms with E-state index in [0.717, 1.165) is 28.4 Å². The lowest BCUT2D eigenvalue weighted by molar-refractivity contribution is -0.154. The number of carbonyl (C=O) groups is 3. The number of piperazine rings is 1. The molecular weight excluding hydrogens is 462 g/mol. The van der Waals surface area contributed by atoms with Crippen molar-refractivity contribution in [3.8, 4) is 5.75 Å². The Hall–Kier alpha value is -2.87. The van der Waals surface area contributed by atoms with Gasteiger partial charge in [0.1, 0.15) is 18.3 Å². The lowest BCUT2D eigenvalue weighted by Gasteiger charge is -2.36. The van der Waals surface area contributed by atoms with Crippen LogP contribution in [0.1, 0.15) is 34.3 Å². The minimum atomic E-state index is -0.304. The van der Waals surface area contributed by atoms with Gasteiger partial charge in [0.15, 0.2) is 0 Å². The van der Waals surface area contributed by atoms with Crippen molar-refractivity contribution in [1.82, 2.24) is 15.1 Å². The van der Waals surface area contributed by atoms with Crippen molar-refractivity contribution in [2.75, 3.05) is 20.2 Å². The first-order valence-corrected chi connectivity index (χ1v) is 11.0. The second-order valence-corrected chi connectivity index (χ2v) is 8.69. The molecule has 0 saturated carbocycles. The zero-order valence-electron chi connectivity index (χ0n) is 17.3. The van der Waals surface area contributed by atoms with Gasteiger partial charge in [-0.1, -0.05) is 28.1 Å². The number of nitrogens with one attached hydrogen (secondary N) is 1. The molecule has 0 unspecified atom stereocenters. The molecule has 2 aromatic rings. The maximum atomic E-state index is 12.7. The van der Waals surface area contributed by atoms with E-state index >= 15 is 0 Å². The lowest BCUT2D eigenvalue weighted by Crippen LogP contribution is -2.56. The number of ether oxygens (including phenoxy) is 1. The predicted octanol–water partition coefficient (Wildman–Crippen LogP) is 2.72. The molecule has 2 saturated heterocycles. The van der Waals surface area contributed by atoms with Gasteiger partial charge in [-0.15, -0.1) is 0 Å². The smallest absolute Gasteiger partial charge is 0.251 e. The standard InChI is InChI=1S/C23H24BrN3O4/c1-31-20-9-8-18(24)11-17(20)12-25-22(29)16-6-4-15(5-7-16)13-26-14-21(28)27-10-2-3-19(27)23(26)30/h4-9,11,19H,2-3,10,12-14H2,1H3,(H,25,29)/t19-/m0/s1. The Labute approximate surface area is 189 Å². The van der Waals surface area contributed by atoms with Gasteiger partial charge < -0.3 is 19.9 Å². The van der Waals surface area contributed by atoms with Gasteiger partial charge in [0, 0.05) is 35.2 Å². The molecule has 1 atom stereocenters. The molecule has 2 heterocycles. The highest BCUT2D eigenvalue weighted by atomic mass is 79.9. The van der Waals surface area contributed by atoms with Crippen LogP contribution in [0.15, 0.2) is 46.9 Å². The first-order valence-electron chi connectivity index (χ1n) is 10.2. The fourth-order valence-electron chi connectivity index (χ4n) is 4.14. The third-order valence-corrected chi connectivity index (χ3v) is 6.26. The van der Waals surface area contributed by atoms with Crippen molar-refractivity contribution in [3.05, 3.63) is 63.6 Å². The van der Waals surface area contributed by atoms with Gasteiger partial charge >= 0.3 is 0 Å². The molecule has 2 fully saturated rings. The quantitative estimate of drug-likeness (QED) is 0.682. The molecular formula is C23H24BrN3O4. The molecule has 0 spiro atoms. The van der Waals surface area contributed by atoms with E-state index in [1.807, 2.05) is 30.3 Å². The van der Waals surface area contributed by atoms with E-state index < -0.39 is 0 Å². The van der Waals surface area contributed by atoms with E-state index in [4.69, 9.17) is 4.74 Å². The van der Waals surface area contributed by atoms with Gasteiger partial charge in [-0.25, -0.2) is 0 Å². The third kappa shape index (κ3) is 4.58. The number of fused-ring (bicyclic) bond motifs is 1. The minimum absolute atomic E-state index is 0.0149. The summed E-state index contributed by atoms with van der Waals surface area (Å²) in [5.41, 5.74) is 2.29. The molecule has 8 heteroatoms. The predicted molar refractivity (Wildman–Crippen MR) is 118 cm³/mol.